The SMILES string of the molecule is O=C(Nc1nnc(SCc2ccccc2)s1)NC1CCCCC1. The fraction of sp³-hybridized carbons (Fsp3) is 0.438. The van der Waals surface area contributed by atoms with Crippen LogP contribution in [0.25, 0.3) is 0 Å². The van der Waals surface area contributed by atoms with Crippen LogP contribution >= 0.6 is 23.1 Å². The number of amides is 2. The Kier molecular flexibility index (Phi) is 5.87. The largest absolute Gasteiger partial charge is 0.335 e. The van der Waals surface area contributed by atoms with Crippen LogP contribution in [0.15, 0.2) is 34.7 Å². The molecule has 0 atom stereocenters. The second kappa shape index (κ2) is 8.31. The highest BCUT2D eigenvalue weighted by Crippen LogP contribution is 2.28. The lowest BCUT2D eigenvalue weighted by Gasteiger charge is -2.22. The van der Waals surface area contributed by atoms with Crippen molar-refractivity contribution in [3.8, 4) is 0 Å². The lowest BCUT2D eigenvalue weighted by atomic mass is 9.96. The Balaban J connectivity index is 1.45. The molecule has 0 bridgehead atoms. The zero-order chi connectivity index (χ0) is 15.9. The maximum Gasteiger partial charge on any atom is 0.321 e. The topological polar surface area (TPSA) is 66.9 Å². The quantitative estimate of drug-likeness (QED) is 0.625. The highest BCUT2D eigenvalue weighted by atomic mass is 32.2. The number of hydrogen-bond donors (Lipinski definition) is 2. The molecule has 1 aromatic heterocycles. The summed E-state index contributed by atoms with van der Waals surface area (Å²) in [6.45, 7) is 0. The van der Waals surface area contributed by atoms with Gasteiger partial charge in [-0.25, -0.2) is 4.79 Å². The molecule has 1 saturated carbocycles. The lowest BCUT2D eigenvalue weighted by molar-refractivity contribution is 0.244. The maximum atomic E-state index is 12.0. The van der Waals surface area contributed by atoms with Gasteiger partial charge in [0.1, 0.15) is 0 Å². The maximum absolute atomic E-state index is 12.0. The third-order valence-electron chi connectivity index (χ3n) is 3.77. The van der Waals surface area contributed by atoms with Gasteiger partial charge < -0.3 is 5.32 Å². The van der Waals surface area contributed by atoms with Crippen molar-refractivity contribution in [2.75, 3.05) is 5.32 Å². The summed E-state index contributed by atoms with van der Waals surface area (Å²) in [7, 11) is 0. The summed E-state index contributed by atoms with van der Waals surface area (Å²) in [4.78, 5) is 12.0. The molecule has 1 fully saturated rings. The van der Waals surface area contributed by atoms with Crippen molar-refractivity contribution < 1.29 is 4.79 Å². The summed E-state index contributed by atoms with van der Waals surface area (Å²) in [5.74, 6) is 0.851. The number of rotatable bonds is 5. The molecule has 122 valence electrons. The number of carbonyl (C=O) groups is 1. The minimum Gasteiger partial charge on any atom is -0.335 e. The van der Waals surface area contributed by atoms with Crippen molar-refractivity contribution >= 4 is 34.3 Å². The number of urea groups is 1. The summed E-state index contributed by atoms with van der Waals surface area (Å²) in [5.41, 5.74) is 1.25. The lowest BCUT2D eigenvalue weighted by Crippen LogP contribution is -2.38. The predicted octanol–water partition coefficient (Wildman–Crippen LogP) is 4.28. The summed E-state index contributed by atoms with van der Waals surface area (Å²) >= 11 is 3.04. The van der Waals surface area contributed by atoms with E-state index in [2.05, 4.69) is 33.0 Å². The van der Waals surface area contributed by atoms with E-state index < -0.39 is 0 Å². The Morgan fingerprint density at radius 3 is 2.74 bits per heavy atom. The molecule has 7 heteroatoms. The van der Waals surface area contributed by atoms with Crippen LogP contribution in [-0.4, -0.2) is 22.3 Å². The standard InChI is InChI=1S/C16H20N4OS2/c21-14(17-13-9-5-2-6-10-13)18-15-19-20-16(23-15)22-11-12-7-3-1-4-8-12/h1,3-4,7-8,13H,2,5-6,9-11H2,(H2,17,18,19,21). The van der Waals surface area contributed by atoms with Gasteiger partial charge in [-0.2, -0.15) is 0 Å². The van der Waals surface area contributed by atoms with Crippen molar-refractivity contribution in [1.29, 1.82) is 0 Å². The molecule has 23 heavy (non-hydrogen) atoms. The molecule has 0 aliphatic heterocycles. The number of thioether (sulfide) groups is 1. The van der Waals surface area contributed by atoms with Crippen LogP contribution in [-0.2, 0) is 5.75 Å². The van der Waals surface area contributed by atoms with E-state index in [1.165, 1.54) is 36.2 Å². The van der Waals surface area contributed by atoms with Crippen LogP contribution < -0.4 is 10.6 Å². The molecule has 2 N–H and O–H groups in total. The number of hydrogen-bond acceptors (Lipinski definition) is 5. The van der Waals surface area contributed by atoms with Crippen LogP contribution in [0.5, 0.6) is 0 Å². The zero-order valence-corrected chi connectivity index (χ0v) is 14.5. The van der Waals surface area contributed by atoms with Gasteiger partial charge in [-0.05, 0) is 18.4 Å². The van der Waals surface area contributed by atoms with E-state index in [9.17, 15) is 4.79 Å². The smallest absolute Gasteiger partial charge is 0.321 e. The molecule has 2 aromatic rings. The van der Waals surface area contributed by atoms with Crippen LogP contribution in [0.4, 0.5) is 9.93 Å². The van der Waals surface area contributed by atoms with Gasteiger partial charge in [0.05, 0.1) is 0 Å². The monoisotopic (exact) mass is 348 g/mol. The van der Waals surface area contributed by atoms with Crippen molar-refractivity contribution in [1.82, 2.24) is 15.5 Å². The number of aromatic nitrogens is 2. The third kappa shape index (κ3) is 5.21. The van der Waals surface area contributed by atoms with Gasteiger partial charge in [0.25, 0.3) is 0 Å². The van der Waals surface area contributed by atoms with E-state index in [4.69, 9.17) is 0 Å². The van der Waals surface area contributed by atoms with Gasteiger partial charge >= 0.3 is 6.03 Å². The minimum atomic E-state index is -0.173. The molecular formula is C16H20N4OS2. The number of carbonyl (C=O) groups excluding carboxylic acids is 1. The summed E-state index contributed by atoms with van der Waals surface area (Å²) in [5, 5.41) is 14.5. The molecule has 1 aliphatic carbocycles. The molecule has 1 aliphatic rings. The van der Waals surface area contributed by atoms with Crippen molar-refractivity contribution in [3.63, 3.8) is 0 Å². The zero-order valence-electron chi connectivity index (χ0n) is 12.8. The normalized spacial score (nSPS) is 15.3. The molecule has 2 amide bonds. The fourth-order valence-electron chi connectivity index (χ4n) is 2.60. The first-order chi connectivity index (χ1) is 11.3. The van der Waals surface area contributed by atoms with Gasteiger partial charge in [-0.1, -0.05) is 72.7 Å². The first kappa shape index (κ1) is 16.3. The Bertz CT molecular complexity index is 626. The van der Waals surface area contributed by atoms with Crippen LogP contribution in [0.3, 0.4) is 0 Å². The Labute approximate surface area is 144 Å². The minimum absolute atomic E-state index is 0.173. The molecule has 0 saturated heterocycles. The Morgan fingerprint density at radius 2 is 1.96 bits per heavy atom. The summed E-state index contributed by atoms with van der Waals surface area (Å²) in [6.07, 6.45) is 5.82. The van der Waals surface area contributed by atoms with E-state index in [0.29, 0.717) is 11.2 Å². The van der Waals surface area contributed by atoms with Crippen molar-refractivity contribution in [3.05, 3.63) is 35.9 Å². The molecule has 0 unspecified atom stereocenters. The highest BCUT2D eigenvalue weighted by molar-refractivity contribution is 8.00. The van der Waals surface area contributed by atoms with Crippen molar-refractivity contribution in [2.24, 2.45) is 0 Å². The molecule has 1 heterocycles. The van der Waals surface area contributed by atoms with E-state index in [0.717, 1.165) is 22.9 Å². The average Bonchev–Trinajstić information content (AvgIpc) is 3.02. The highest BCUT2D eigenvalue weighted by Gasteiger charge is 2.16. The third-order valence-corrected chi connectivity index (χ3v) is 5.82. The molecular weight excluding hydrogens is 328 g/mol. The van der Waals surface area contributed by atoms with Gasteiger partial charge in [-0.3, -0.25) is 5.32 Å². The van der Waals surface area contributed by atoms with Gasteiger partial charge in [0.15, 0.2) is 4.34 Å². The van der Waals surface area contributed by atoms with Crippen LogP contribution in [0, 0.1) is 0 Å². The van der Waals surface area contributed by atoms with Gasteiger partial charge in [0, 0.05) is 11.8 Å². The Morgan fingerprint density at radius 1 is 1.17 bits per heavy atom. The predicted molar refractivity (Wildman–Crippen MR) is 94.9 cm³/mol. The average molecular weight is 348 g/mol. The second-order valence-electron chi connectivity index (χ2n) is 5.58. The van der Waals surface area contributed by atoms with Crippen LogP contribution in [0.2, 0.25) is 0 Å². The van der Waals surface area contributed by atoms with Gasteiger partial charge in [-0.15, -0.1) is 10.2 Å². The molecule has 5 nitrogen and oxygen atoms in total. The molecule has 0 radical (unpaired) electrons. The number of anilines is 1. The first-order valence-electron chi connectivity index (χ1n) is 7.87. The van der Waals surface area contributed by atoms with Gasteiger partial charge in [0.2, 0.25) is 5.13 Å². The molecule has 3 rings (SSSR count). The second-order valence-corrected chi connectivity index (χ2v) is 7.78. The molecule has 0 spiro atoms. The van der Waals surface area contributed by atoms with E-state index in [1.54, 1.807) is 11.8 Å². The number of nitrogens with zero attached hydrogens (tertiary/aromatic N) is 2. The van der Waals surface area contributed by atoms with E-state index >= 15 is 0 Å². The number of benzene rings is 1. The summed E-state index contributed by atoms with van der Waals surface area (Å²) in [6, 6.07) is 10.4. The summed E-state index contributed by atoms with van der Waals surface area (Å²) < 4.78 is 0.863. The van der Waals surface area contributed by atoms with E-state index in [-0.39, 0.29) is 6.03 Å². The number of nitrogens with one attached hydrogen (secondary N) is 2. The van der Waals surface area contributed by atoms with Crippen LogP contribution in [0.1, 0.15) is 37.7 Å². The molecule has 1 aromatic carbocycles. The van der Waals surface area contributed by atoms with E-state index in [1.807, 2.05) is 18.2 Å². The van der Waals surface area contributed by atoms with Crippen molar-refractivity contribution in [2.45, 2.75) is 48.2 Å². The first-order valence-corrected chi connectivity index (χ1v) is 9.67. The Hall–Kier alpha value is -1.60. The fourth-order valence-corrected chi connectivity index (χ4v) is 4.31.